The molecule has 1 N–H and O–H groups in total. The van der Waals surface area contributed by atoms with Crippen LogP contribution in [0.15, 0.2) is 72.9 Å². The van der Waals surface area contributed by atoms with Gasteiger partial charge in [0.25, 0.3) is 0 Å². The van der Waals surface area contributed by atoms with Crippen molar-refractivity contribution >= 4 is 11.9 Å². The van der Waals surface area contributed by atoms with Crippen LogP contribution < -0.4 is 5.32 Å². The van der Waals surface area contributed by atoms with Crippen LogP contribution in [0.2, 0.25) is 0 Å². The fourth-order valence-electron chi connectivity index (χ4n) is 2.40. The maximum Gasteiger partial charge on any atom is 0.328 e. The monoisotopic (exact) mass is 413 g/mol. The van der Waals surface area contributed by atoms with E-state index in [0.29, 0.717) is 12.8 Å². The Hall–Kier alpha value is -2.62. The first-order chi connectivity index (χ1) is 14.6. The molecule has 0 aliphatic carbocycles. The van der Waals surface area contributed by atoms with Gasteiger partial charge in [-0.3, -0.25) is 4.79 Å². The third kappa shape index (κ3) is 18.7. The number of ether oxygens (including phenoxy) is 1. The number of carbonyl (C=O) groups excluding carboxylic acids is 2. The number of esters is 1. The van der Waals surface area contributed by atoms with Crippen molar-refractivity contribution in [1.82, 2.24) is 5.32 Å². The Bertz CT molecular complexity index is 624. The van der Waals surface area contributed by atoms with Crippen molar-refractivity contribution in [3.8, 4) is 0 Å². The Kier molecular flexibility index (Phi) is 19.3. The lowest BCUT2D eigenvalue weighted by molar-refractivity contribution is -0.144. The number of hydrogen-bond acceptors (Lipinski definition) is 3. The summed E-state index contributed by atoms with van der Waals surface area (Å²) in [6.45, 7) is 3.76. The van der Waals surface area contributed by atoms with E-state index in [0.717, 1.165) is 38.5 Å². The molecule has 30 heavy (non-hydrogen) atoms. The molecule has 0 aromatic carbocycles. The zero-order chi connectivity index (χ0) is 22.3. The molecule has 0 heterocycles. The van der Waals surface area contributed by atoms with Gasteiger partial charge in [0.1, 0.15) is 6.04 Å². The second-order valence-electron chi connectivity index (χ2n) is 6.77. The lowest BCUT2D eigenvalue weighted by Crippen LogP contribution is -2.38. The van der Waals surface area contributed by atoms with Crippen molar-refractivity contribution in [3.63, 3.8) is 0 Å². The third-order valence-electron chi connectivity index (χ3n) is 4.07. The van der Waals surface area contributed by atoms with Gasteiger partial charge in [-0.25, -0.2) is 4.79 Å². The van der Waals surface area contributed by atoms with E-state index in [-0.39, 0.29) is 5.91 Å². The summed E-state index contributed by atoms with van der Waals surface area (Å²) in [5, 5.41) is 2.61. The lowest BCUT2D eigenvalue weighted by atomic mass is 10.2. The SMILES string of the molecule is CC/C=C\C/C=C\C/C=C\C/C=C\C/C=C\C/C=C\CCC(=O)N[C@@H](C)C(=O)OC. The Morgan fingerprint density at radius 1 is 0.733 bits per heavy atom. The molecule has 1 atom stereocenters. The molecule has 0 aromatic heterocycles. The highest BCUT2D eigenvalue weighted by Gasteiger charge is 2.14. The van der Waals surface area contributed by atoms with Crippen LogP contribution in [-0.4, -0.2) is 25.0 Å². The first-order valence-corrected chi connectivity index (χ1v) is 10.9. The van der Waals surface area contributed by atoms with Crippen LogP contribution in [0.3, 0.4) is 0 Å². The quantitative estimate of drug-likeness (QED) is 0.244. The van der Waals surface area contributed by atoms with E-state index in [1.807, 2.05) is 12.2 Å². The largest absolute Gasteiger partial charge is 0.467 e. The summed E-state index contributed by atoms with van der Waals surface area (Å²) in [7, 11) is 1.31. The molecule has 166 valence electrons. The van der Waals surface area contributed by atoms with E-state index in [9.17, 15) is 9.59 Å². The van der Waals surface area contributed by atoms with E-state index in [4.69, 9.17) is 0 Å². The summed E-state index contributed by atoms with van der Waals surface area (Å²) in [6, 6.07) is -0.604. The van der Waals surface area contributed by atoms with Gasteiger partial charge < -0.3 is 10.1 Å². The van der Waals surface area contributed by atoms with Crippen molar-refractivity contribution < 1.29 is 14.3 Å². The predicted octanol–water partition coefficient (Wildman–Crippen LogP) is 6.14. The average Bonchev–Trinajstić information content (AvgIpc) is 2.74. The molecular weight excluding hydrogens is 374 g/mol. The molecular formula is C26H39NO3. The molecule has 0 aliphatic rings. The molecule has 1 amide bonds. The van der Waals surface area contributed by atoms with Crippen LogP contribution in [0, 0.1) is 0 Å². The maximum atomic E-state index is 11.7. The topological polar surface area (TPSA) is 55.4 Å². The van der Waals surface area contributed by atoms with Gasteiger partial charge in [0.15, 0.2) is 0 Å². The highest BCUT2D eigenvalue weighted by molar-refractivity contribution is 5.84. The van der Waals surface area contributed by atoms with Crippen molar-refractivity contribution in [2.75, 3.05) is 7.11 Å². The van der Waals surface area contributed by atoms with Crippen molar-refractivity contribution in [3.05, 3.63) is 72.9 Å². The zero-order valence-electron chi connectivity index (χ0n) is 18.9. The highest BCUT2D eigenvalue weighted by Crippen LogP contribution is 1.98. The second-order valence-corrected chi connectivity index (χ2v) is 6.77. The van der Waals surface area contributed by atoms with E-state index in [2.05, 4.69) is 77.7 Å². The summed E-state index contributed by atoms with van der Waals surface area (Å²) >= 11 is 0. The van der Waals surface area contributed by atoms with E-state index in [1.54, 1.807) is 6.92 Å². The molecule has 0 aromatic rings. The zero-order valence-corrected chi connectivity index (χ0v) is 18.9. The summed E-state index contributed by atoms with van der Waals surface area (Å²) in [6.07, 6.45) is 32.7. The summed E-state index contributed by atoms with van der Waals surface area (Å²) < 4.78 is 4.57. The van der Waals surface area contributed by atoms with E-state index >= 15 is 0 Å². The fraction of sp³-hybridized carbons (Fsp3) is 0.462. The van der Waals surface area contributed by atoms with Gasteiger partial charge in [-0.05, 0) is 51.9 Å². The number of carbonyl (C=O) groups is 2. The van der Waals surface area contributed by atoms with Crippen LogP contribution in [0.1, 0.15) is 65.2 Å². The molecule has 0 fully saturated rings. The van der Waals surface area contributed by atoms with Gasteiger partial charge in [0, 0.05) is 6.42 Å². The minimum Gasteiger partial charge on any atom is -0.467 e. The number of nitrogens with one attached hydrogen (secondary N) is 1. The fourth-order valence-corrected chi connectivity index (χ4v) is 2.40. The molecule has 0 bridgehead atoms. The van der Waals surface area contributed by atoms with Gasteiger partial charge in [-0.15, -0.1) is 0 Å². The number of amides is 1. The Morgan fingerprint density at radius 3 is 1.53 bits per heavy atom. The Labute approximate surface area is 183 Å². The summed E-state index contributed by atoms with van der Waals surface area (Å²) in [5.74, 6) is -0.579. The van der Waals surface area contributed by atoms with Gasteiger partial charge in [-0.2, -0.15) is 0 Å². The molecule has 0 rings (SSSR count). The van der Waals surface area contributed by atoms with Gasteiger partial charge in [0.2, 0.25) is 5.91 Å². The molecule has 0 spiro atoms. The first-order valence-electron chi connectivity index (χ1n) is 10.9. The van der Waals surface area contributed by atoms with Crippen LogP contribution >= 0.6 is 0 Å². The van der Waals surface area contributed by atoms with Crippen LogP contribution in [-0.2, 0) is 14.3 Å². The van der Waals surface area contributed by atoms with Crippen LogP contribution in [0.25, 0.3) is 0 Å². The van der Waals surface area contributed by atoms with Crippen LogP contribution in [0.4, 0.5) is 0 Å². The van der Waals surface area contributed by atoms with Gasteiger partial charge >= 0.3 is 5.97 Å². The number of methoxy groups -OCH3 is 1. The number of hydrogen-bond donors (Lipinski definition) is 1. The Balaban J connectivity index is 3.67. The molecule has 0 unspecified atom stereocenters. The molecule has 4 nitrogen and oxygen atoms in total. The predicted molar refractivity (Wildman–Crippen MR) is 127 cm³/mol. The lowest BCUT2D eigenvalue weighted by Gasteiger charge is -2.10. The second kappa shape index (κ2) is 21.1. The molecule has 0 saturated heterocycles. The maximum absolute atomic E-state index is 11.7. The van der Waals surface area contributed by atoms with Gasteiger partial charge in [0.05, 0.1) is 7.11 Å². The molecule has 0 radical (unpaired) electrons. The van der Waals surface area contributed by atoms with Crippen molar-refractivity contribution in [2.24, 2.45) is 0 Å². The van der Waals surface area contributed by atoms with E-state index in [1.165, 1.54) is 7.11 Å². The summed E-state index contributed by atoms with van der Waals surface area (Å²) in [5.41, 5.74) is 0. The third-order valence-corrected chi connectivity index (χ3v) is 4.07. The highest BCUT2D eigenvalue weighted by atomic mass is 16.5. The number of allylic oxidation sites excluding steroid dienone is 12. The minimum atomic E-state index is -0.604. The Morgan fingerprint density at radius 2 is 1.13 bits per heavy atom. The molecule has 4 heteroatoms. The summed E-state index contributed by atoms with van der Waals surface area (Å²) in [4.78, 5) is 22.9. The van der Waals surface area contributed by atoms with Crippen LogP contribution in [0.5, 0.6) is 0 Å². The normalized spacial score (nSPS) is 13.6. The standard InChI is InChI=1S/C26H39NO3/c1-4-5-6-7-8-9-10-11-12-13-14-15-16-17-18-19-20-21-22-23-25(28)27-24(2)26(29)30-3/h5-6,8-9,11-12,14-15,17-18,20-21,24H,4,7,10,13,16,19,22-23H2,1-3H3,(H,27,28)/b6-5-,9-8-,12-11-,15-14-,18-17-,21-20-/t24-/m0/s1. The molecule has 0 aliphatic heterocycles. The van der Waals surface area contributed by atoms with Crippen molar-refractivity contribution in [2.45, 2.75) is 71.3 Å². The smallest absolute Gasteiger partial charge is 0.328 e. The van der Waals surface area contributed by atoms with E-state index < -0.39 is 12.0 Å². The number of rotatable bonds is 16. The molecule has 0 saturated carbocycles. The van der Waals surface area contributed by atoms with Gasteiger partial charge in [-0.1, -0.05) is 79.8 Å². The van der Waals surface area contributed by atoms with Crippen molar-refractivity contribution in [1.29, 1.82) is 0 Å². The minimum absolute atomic E-state index is 0.146. The first kappa shape index (κ1) is 27.4. The average molecular weight is 414 g/mol.